The van der Waals surface area contributed by atoms with Gasteiger partial charge in [0.25, 0.3) is 5.91 Å². The molecule has 0 saturated heterocycles. The van der Waals surface area contributed by atoms with Crippen LogP contribution in [-0.4, -0.2) is 34.9 Å². The Morgan fingerprint density at radius 2 is 1.72 bits per heavy atom. The molecule has 6 heteroatoms. The van der Waals surface area contributed by atoms with Gasteiger partial charge in [0.05, 0.1) is 0 Å². The number of hydrogen-bond acceptors (Lipinski definition) is 3. The van der Waals surface area contributed by atoms with E-state index in [4.69, 9.17) is 4.74 Å². The summed E-state index contributed by atoms with van der Waals surface area (Å²) >= 11 is 3.55. The fourth-order valence-electron chi connectivity index (χ4n) is 3.60. The van der Waals surface area contributed by atoms with Gasteiger partial charge in [-0.3, -0.25) is 9.59 Å². The number of aryl methyl sites for hydroxylation is 3. The summed E-state index contributed by atoms with van der Waals surface area (Å²) in [6.07, 6.45) is 0.510. The molecule has 2 aromatic carbocycles. The summed E-state index contributed by atoms with van der Waals surface area (Å²) in [4.78, 5) is 28.0. The molecule has 0 aliphatic carbocycles. The van der Waals surface area contributed by atoms with E-state index in [0.717, 1.165) is 26.7 Å². The van der Waals surface area contributed by atoms with E-state index in [1.807, 2.05) is 84.9 Å². The summed E-state index contributed by atoms with van der Waals surface area (Å²) < 4.78 is 6.89. The third-order valence-electron chi connectivity index (χ3n) is 5.09. The first-order chi connectivity index (χ1) is 14.9. The highest BCUT2D eigenvalue weighted by molar-refractivity contribution is 9.10. The number of carbonyl (C=O) groups is 2. The molecular weight excluding hydrogens is 468 g/mol. The smallest absolute Gasteiger partial charge is 0.261 e. The van der Waals surface area contributed by atoms with Crippen LogP contribution in [0.1, 0.15) is 56.4 Å². The van der Waals surface area contributed by atoms with Crippen LogP contribution in [0.25, 0.3) is 0 Å². The summed E-state index contributed by atoms with van der Waals surface area (Å²) in [6.45, 7) is 13.9. The second-order valence-corrected chi connectivity index (χ2v) is 10.1. The van der Waals surface area contributed by atoms with E-state index < -0.39 is 6.04 Å². The third kappa shape index (κ3) is 7.37. The highest BCUT2D eigenvalue weighted by Gasteiger charge is 2.31. The molecule has 0 radical (unpaired) electrons. The molecule has 0 aromatic heterocycles. The van der Waals surface area contributed by atoms with Gasteiger partial charge in [-0.15, -0.1) is 0 Å². The van der Waals surface area contributed by atoms with Gasteiger partial charge in [-0.1, -0.05) is 52.7 Å². The van der Waals surface area contributed by atoms with Gasteiger partial charge in [0, 0.05) is 16.6 Å². The van der Waals surface area contributed by atoms with Crippen LogP contribution in [0.4, 0.5) is 0 Å². The normalized spacial score (nSPS) is 12.2. The van der Waals surface area contributed by atoms with E-state index in [1.54, 1.807) is 4.90 Å². The van der Waals surface area contributed by atoms with Crippen LogP contribution in [-0.2, 0) is 16.1 Å². The monoisotopic (exact) mass is 502 g/mol. The van der Waals surface area contributed by atoms with Crippen LogP contribution in [0.15, 0.2) is 40.9 Å². The summed E-state index contributed by atoms with van der Waals surface area (Å²) in [6, 6.07) is 11.2. The summed E-state index contributed by atoms with van der Waals surface area (Å²) in [5.41, 5.74) is 3.79. The zero-order valence-electron chi connectivity index (χ0n) is 20.2. The molecule has 0 saturated carbocycles. The molecule has 0 unspecified atom stereocenters. The molecular formula is C26H35BrN2O3. The number of rotatable bonds is 8. The number of nitrogens with one attached hydrogen (secondary N) is 1. The predicted octanol–water partition coefficient (Wildman–Crippen LogP) is 5.48. The first-order valence-electron chi connectivity index (χ1n) is 11.0. The van der Waals surface area contributed by atoms with Crippen molar-refractivity contribution in [2.45, 2.75) is 73.0 Å². The van der Waals surface area contributed by atoms with Crippen molar-refractivity contribution in [2.75, 3.05) is 6.61 Å². The van der Waals surface area contributed by atoms with Crippen molar-refractivity contribution in [3.05, 3.63) is 63.1 Å². The molecule has 2 rings (SSSR count). The quantitative estimate of drug-likeness (QED) is 0.520. The van der Waals surface area contributed by atoms with Crippen molar-refractivity contribution in [1.29, 1.82) is 0 Å². The molecule has 0 heterocycles. The Morgan fingerprint density at radius 3 is 2.25 bits per heavy atom. The Kier molecular flexibility index (Phi) is 8.90. The minimum atomic E-state index is -0.584. The summed E-state index contributed by atoms with van der Waals surface area (Å²) in [5, 5.41) is 3.02. The predicted molar refractivity (Wildman–Crippen MR) is 133 cm³/mol. The van der Waals surface area contributed by atoms with Gasteiger partial charge in [0.15, 0.2) is 6.61 Å². The zero-order valence-corrected chi connectivity index (χ0v) is 21.8. The number of halogens is 1. The molecule has 32 heavy (non-hydrogen) atoms. The average molecular weight is 503 g/mol. The van der Waals surface area contributed by atoms with Gasteiger partial charge in [-0.05, 0) is 76.8 Å². The Morgan fingerprint density at radius 1 is 1.09 bits per heavy atom. The molecule has 174 valence electrons. The van der Waals surface area contributed by atoms with Crippen molar-refractivity contribution in [3.8, 4) is 5.75 Å². The first kappa shape index (κ1) is 25.9. The van der Waals surface area contributed by atoms with Crippen molar-refractivity contribution in [3.63, 3.8) is 0 Å². The van der Waals surface area contributed by atoms with E-state index in [1.165, 1.54) is 0 Å². The third-order valence-corrected chi connectivity index (χ3v) is 6.34. The van der Waals surface area contributed by atoms with Gasteiger partial charge in [0.2, 0.25) is 5.91 Å². The average Bonchev–Trinajstić information content (AvgIpc) is 2.68. The van der Waals surface area contributed by atoms with E-state index in [0.29, 0.717) is 18.7 Å². The highest BCUT2D eigenvalue weighted by Crippen LogP contribution is 2.26. The fraction of sp³-hybridized carbons (Fsp3) is 0.462. The zero-order chi connectivity index (χ0) is 24.1. The van der Waals surface area contributed by atoms with E-state index >= 15 is 0 Å². The Labute approximate surface area is 200 Å². The standard InChI is InChI=1S/C26H35BrN2O3/c1-8-22(25(31)28-26(5,6)7)29(15-20-11-9-10-17(2)12-20)23(30)16-32-21-13-18(3)24(27)19(4)14-21/h9-14,22H,8,15-16H2,1-7H3,(H,28,31)/t22-/m1/s1. The van der Waals surface area contributed by atoms with Gasteiger partial charge in [0.1, 0.15) is 11.8 Å². The SMILES string of the molecule is CC[C@H](C(=O)NC(C)(C)C)N(Cc1cccc(C)c1)C(=O)COc1cc(C)c(Br)c(C)c1. The number of carbonyl (C=O) groups excluding carboxylic acids is 2. The summed E-state index contributed by atoms with van der Waals surface area (Å²) in [5.74, 6) is 0.260. The van der Waals surface area contributed by atoms with E-state index in [2.05, 4.69) is 21.2 Å². The van der Waals surface area contributed by atoms with Crippen LogP contribution in [0.3, 0.4) is 0 Å². The maximum atomic E-state index is 13.3. The number of nitrogens with zero attached hydrogens (tertiary/aromatic N) is 1. The van der Waals surface area contributed by atoms with Crippen LogP contribution < -0.4 is 10.1 Å². The molecule has 1 N–H and O–H groups in total. The molecule has 1 atom stereocenters. The first-order valence-corrected chi connectivity index (χ1v) is 11.8. The molecule has 0 aliphatic heterocycles. The lowest BCUT2D eigenvalue weighted by atomic mass is 10.1. The van der Waals surface area contributed by atoms with Crippen molar-refractivity contribution in [2.24, 2.45) is 0 Å². The van der Waals surface area contributed by atoms with Crippen LogP contribution in [0, 0.1) is 20.8 Å². The van der Waals surface area contributed by atoms with Crippen molar-refractivity contribution >= 4 is 27.7 Å². The molecule has 0 fully saturated rings. The topological polar surface area (TPSA) is 58.6 Å². The van der Waals surface area contributed by atoms with E-state index in [-0.39, 0.29) is 24.0 Å². The lowest BCUT2D eigenvalue weighted by molar-refractivity contribution is -0.143. The fourth-order valence-corrected chi connectivity index (χ4v) is 3.83. The van der Waals surface area contributed by atoms with Crippen molar-refractivity contribution < 1.29 is 14.3 Å². The van der Waals surface area contributed by atoms with Gasteiger partial charge in [-0.25, -0.2) is 0 Å². The highest BCUT2D eigenvalue weighted by atomic mass is 79.9. The number of amides is 2. The number of hydrogen-bond donors (Lipinski definition) is 1. The maximum Gasteiger partial charge on any atom is 0.261 e. The minimum absolute atomic E-state index is 0.133. The van der Waals surface area contributed by atoms with Crippen molar-refractivity contribution in [1.82, 2.24) is 10.2 Å². The molecule has 0 aliphatic rings. The van der Waals surface area contributed by atoms with Gasteiger partial charge in [-0.2, -0.15) is 0 Å². The Balaban J connectivity index is 2.27. The maximum absolute atomic E-state index is 13.3. The molecule has 0 spiro atoms. The lowest BCUT2D eigenvalue weighted by Crippen LogP contribution is -2.54. The van der Waals surface area contributed by atoms with Crippen LogP contribution in [0.5, 0.6) is 5.75 Å². The van der Waals surface area contributed by atoms with Crippen LogP contribution in [0.2, 0.25) is 0 Å². The van der Waals surface area contributed by atoms with Gasteiger partial charge < -0.3 is 15.0 Å². The lowest BCUT2D eigenvalue weighted by Gasteiger charge is -2.33. The number of ether oxygens (including phenoxy) is 1. The van der Waals surface area contributed by atoms with Crippen LogP contribution >= 0.6 is 15.9 Å². The number of benzene rings is 2. The molecule has 5 nitrogen and oxygen atoms in total. The summed E-state index contributed by atoms with van der Waals surface area (Å²) in [7, 11) is 0. The Hall–Kier alpha value is -2.34. The van der Waals surface area contributed by atoms with Gasteiger partial charge >= 0.3 is 0 Å². The second-order valence-electron chi connectivity index (χ2n) is 9.33. The largest absolute Gasteiger partial charge is 0.484 e. The molecule has 0 bridgehead atoms. The minimum Gasteiger partial charge on any atom is -0.484 e. The molecule has 2 amide bonds. The second kappa shape index (κ2) is 11.0. The van der Waals surface area contributed by atoms with E-state index in [9.17, 15) is 9.59 Å². The Bertz CT molecular complexity index is 943. The molecule has 2 aromatic rings.